The molecule has 1 fully saturated rings. The van der Waals surface area contributed by atoms with Crippen LogP contribution in [0, 0.1) is 5.41 Å². The van der Waals surface area contributed by atoms with E-state index in [4.69, 9.17) is 5.73 Å². The number of fused-ring (bicyclic) bond motifs is 1. The van der Waals surface area contributed by atoms with Crippen LogP contribution in [0.4, 0.5) is 14.6 Å². The van der Waals surface area contributed by atoms with Crippen LogP contribution in [0.15, 0.2) is 58.8 Å². The first kappa shape index (κ1) is 19.4. The average molecular weight is 429 g/mol. The summed E-state index contributed by atoms with van der Waals surface area (Å²) in [6.07, 6.45) is 4.62. The van der Waals surface area contributed by atoms with Crippen molar-refractivity contribution in [2.45, 2.75) is 41.8 Å². The number of hydrogen-bond donors (Lipinski definition) is 1. The molecule has 0 bridgehead atoms. The number of alkyl halides is 2. The van der Waals surface area contributed by atoms with Gasteiger partial charge in [-0.2, -0.15) is 5.10 Å². The Hall–Kier alpha value is -2.52. The van der Waals surface area contributed by atoms with E-state index in [0.717, 1.165) is 44.0 Å². The maximum Gasteiger partial charge on any atom is 0.264 e. The molecule has 0 aliphatic carbocycles. The molecule has 0 saturated carbocycles. The molecular weight excluding hydrogens is 406 g/mol. The Balaban J connectivity index is 1.25. The molecule has 30 heavy (non-hydrogen) atoms. The zero-order chi connectivity index (χ0) is 20.7. The molecule has 1 spiro atoms. The normalized spacial score (nSPS) is 20.1. The van der Waals surface area contributed by atoms with Gasteiger partial charge in [0.05, 0.1) is 24.1 Å². The summed E-state index contributed by atoms with van der Waals surface area (Å²) >= 11 is 1.21. The van der Waals surface area contributed by atoms with Crippen molar-refractivity contribution in [2.75, 3.05) is 18.0 Å². The monoisotopic (exact) mass is 428 g/mol. The van der Waals surface area contributed by atoms with Crippen LogP contribution in [0.2, 0.25) is 0 Å². The van der Waals surface area contributed by atoms with E-state index in [-0.39, 0.29) is 17.0 Å². The van der Waals surface area contributed by atoms with Gasteiger partial charge in [0.2, 0.25) is 0 Å². The van der Waals surface area contributed by atoms with Crippen LogP contribution in [-0.4, -0.2) is 32.8 Å². The number of benzene rings is 1. The van der Waals surface area contributed by atoms with Crippen molar-refractivity contribution in [3.05, 3.63) is 60.2 Å². The highest BCUT2D eigenvalue weighted by Crippen LogP contribution is 2.47. The molecule has 4 heterocycles. The zero-order valence-electron chi connectivity index (χ0n) is 16.3. The zero-order valence-corrected chi connectivity index (χ0v) is 17.1. The molecule has 1 atom stereocenters. The van der Waals surface area contributed by atoms with E-state index < -0.39 is 6.43 Å². The Bertz CT molecular complexity index is 1030. The van der Waals surface area contributed by atoms with Crippen molar-refractivity contribution in [1.82, 2.24) is 19.7 Å². The van der Waals surface area contributed by atoms with Crippen LogP contribution in [0.1, 0.15) is 36.6 Å². The Kier molecular flexibility index (Phi) is 4.94. The highest BCUT2D eigenvalue weighted by atomic mass is 32.2. The standard InChI is InChI=1S/C21H22F2N6S/c22-20(23)14-3-1-2-4-16(14)30-18-12-25-17(11-26-18)28-9-6-21(7-10-28)13-29-15(19(21)24)5-8-27-29/h1-5,8,11-12,19-20H,6-7,9-10,13,24H2/t19-/m1/s1. The quantitative estimate of drug-likeness (QED) is 0.676. The molecule has 2 aliphatic rings. The second kappa shape index (κ2) is 7.63. The molecule has 0 radical (unpaired) electrons. The van der Waals surface area contributed by atoms with E-state index in [1.54, 1.807) is 30.6 Å². The summed E-state index contributed by atoms with van der Waals surface area (Å²) in [5, 5.41) is 4.99. The Morgan fingerprint density at radius 1 is 1.10 bits per heavy atom. The molecule has 6 nitrogen and oxygen atoms in total. The van der Waals surface area contributed by atoms with Crippen LogP contribution in [0.3, 0.4) is 0 Å². The number of nitrogens with zero attached hydrogens (tertiary/aromatic N) is 5. The fourth-order valence-electron chi connectivity index (χ4n) is 4.49. The highest BCUT2D eigenvalue weighted by Gasteiger charge is 2.46. The number of rotatable bonds is 4. The van der Waals surface area contributed by atoms with Gasteiger partial charge in [-0.15, -0.1) is 0 Å². The lowest BCUT2D eigenvalue weighted by Gasteiger charge is -2.41. The third-order valence-electron chi connectivity index (χ3n) is 6.26. The molecule has 0 amide bonds. The lowest BCUT2D eigenvalue weighted by atomic mass is 9.73. The number of hydrogen-bond acceptors (Lipinski definition) is 6. The van der Waals surface area contributed by atoms with Gasteiger partial charge in [-0.3, -0.25) is 4.68 Å². The number of halogens is 2. The summed E-state index contributed by atoms with van der Waals surface area (Å²) < 4.78 is 28.4. The maximum atomic E-state index is 13.2. The molecule has 2 aliphatic heterocycles. The minimum Gasteiger partial charge on any atom is -0.355 e. The van der Waals surface area contributed by atoms with Gasteiger partial charge in [0.1, 0.15) is 10.8 Å². The van der Waals surface area contributed by atoms with Crippen LogP contribution in [-0.2, 0) is 6.54 Å². The van der Waals surface area contributed by atoms with Crippen molar-refractivity contribution in [2.24, 2.45) is 11.1 Å². The van der Waals surface area contributed by atoms with E-state index in [9.17, 15) is 8.78 Å². The van der Waals surface area contributed by atoms with Crippen LogP contribution >= 0.6 is 11.8 Å². The van der Waals surface area contributed by atoms with Gasteiger partial charge in [0.15, 0.2) is 0 Å². The lowest BCUT2D eigenvalue weighted by molar-refractivity contribution is 0.148. The number of nitrogens with two attached hydrogens (primary N) is 1. The van der Waals surface area contributed by atoms with Gasteiger partial charge < -0.3 is 10.6 Å². The number of aromatic nitrogens is 4. The SMILES string of the molecule is N[C@@H]1c2ccnn2CC12CCN(c1cnc(Sc3ccccc3C(F)F)cn1)CC2. The molecule has 1 aromatic carbocycles. The summed E-state index contributed by atoms with van der Waals surface area (Å²) in [5.41, 5.74) is 7.74. The van der Waals surface area contributed by atoms with Crippen molar-refractivity contribution >= 4 is 17.6 Å². The molecule has 1 saturated heterocycles. The fraction of sp³-hybridized carbons (Fsp3) is 0.381. The van der Waals surface area contributed by atoms with Gasteiger partial charge in [-0.1, -0.05) is 30.0 Å². The molecule has 156 valence electrons. The number of piperidine rings is 1. The van der Waals surface area contributed by atoms with Gasteiger partial charge in [0, 0.05) is 41.7 Å². The van der Waals surface area contributed by atoms with Crippen LogP contribution in [0.5, 0.6) is 0 Å². The Morgan fingerprint density at radius 2 is 1.90 bits per heavy atom. The lowest BCUT2D eigenvalue weighted by Crippen LogP contribution is -2.45. The first-order chi connectivity index (χ1) is 14.6. The third-order valence-corrected chi connectivity index (χ3v) is 7.27. The largest absolute Gasteiger partial charge is 0.355 e. The molecular formula is C21H22F2N6S. The minimum absolute atomic E-state index is 0.0157. The summed E-state index contributed by atoms with van der Waals surface area (Å²) in [4.78, 5) is 11.7. The predicted molar refractivity (Wildman–Crippen MR) is 111 cm³/mol. The van der Waals surface area contributed by atoms with E-state index in [1.165, 1.54) is 17.8 Å². The third kappa shape index (κ3) is 3.35. The highest BCUT2D eigenvalue weighted by molar-refractivity contribution is 7.99. The summed E-state index contributed by atoms with van der Waals surface area (Å²) in [7, 11) is 0. The summed E-state index contributed by atoms with van der Waals surface area (Å²) in [6, 6.07) is 8.52. The van der Waals surface area contributed by atoms with Crippen molar-refractivity contribution in [3.63, 3.8) is 0 Å². The second-order valence-corrected chi connectivity index (χ2v) is 8.96. The van der Waals surface area contributed by atoms with Crippen molar-refractivity contribution < 1.29 is 8.78 Å². The average Bonchev–Trinajstić information content (AvgIpc) is 3.31. The van der Waals surface area contributed by atoms with Crippen molar-refractivity contribution in [1.29, 1.82) is 0 Å². The van der Waals surface area contributed by atoms with E-state index >= 15 is 0 Å². The Morgan fingerprint density at radius 3 is 2.60 bits per heavy atom. The smallest absolute Gasteiger partial charge is 0.264 e. The van der Waals surface area contributed by atoms with Gasteiger partial charge in [0.25, 0.3) is 6.43 Å². The second-order valence-electron chi connectivity index (χ2n) is 7.89. The first-order valence-electron chi connectivity index (χ1n) is 9.95. The Labute approximate surface area is 177 Å². The van der Waals surface area contributed by atoms with Gasteiger partial charge in [-0.25, -0.2) is 18.7 Å². The fourth-order valence-corrected chi connectivity index (χ4v) is 5.35. The molecule has 5 rings (SSSR count). The van der Waals surface area contributed by atoms with Gasteiger partial charge in [-0.05, 0) is 25.0 Å². The van der Waals surface area contributed by atoms with Gasteiger partial charge >= 0.3 is 0 Å². The first-order valence-corrected chi connectivity index (χ1v) is 10.8. The molecule has 0 unspecified atom stereocenters. The van der Waals surface area contributed by atoms with E-state index in [2.05, 4.69) is 20.0 Å². The van der Waals surface area contributed by atoms with E-state index in [0.29, 0.717) is 9.92 Å². The van der Waals surface area contributed by atoms with Crippen molar-refractivity contribution in [3.8, 4) is 0 Å². The molecule has 2 N–H and O–H groups in total. The van der Waals surface area contributed by atoms with E-state index in [1.807, 2.05) is 16.9 Å². The summed E-state index contributed by atoms with van der Waals surface area (Å²) in [5.74, 6) is 0.806. The molecule has 2 aromatic heterocycles. The predicted octanol–water partition coefficient (Wildman–Crippen LogP) is 4.06. The summed E-state index contributed by atoms with van der Waals surface area (Å²) in [6.45, 7) is 2.58. The minimum atomic E-state index is -2.51. The molecule has 9 heteroatoms. The maximum absolute atomic E-state index is 13.2. The topological polar surface area (TPSA) is 72.9 Å². The van der Waals surface area contributed by atoms with Crippen LogP contribution < -0.4 is 10.6 Å². The number of anilines is 1. The molecule has 3 aromatic rings. The van der Waals surface area contributed by atoms with Crippen LogP contribution in [0.25, 0.3) is 0 Å².